The molecule has 4 heteroatoms. The van der Waals surface area contributed by atoms with Crippen molar-refractivity contribution >= 4 is 16.6 Å². The first-order chi connectivity index (χ1) is 18.2. The maximum Gasteiger partial charge on any atom is 0.250 e. The highest BCUT2D eigenvalue weighted by molar-refractivity contribution is 6.75. The molecule has 0 spiro atoms. The zero-order valence-corrected chi connectivity index (χ0v) is 29.4. The van der Waals surface area contributed by atoms with Gasteiger partial charge in [-0.2, -0.15) is 0 Å². The van der Waals surface area contributed by atoms with Crippen molar-refractivity contribution in [1.82, 2.24) is 0 Å². The van der Waals surface area contributed by atoms with Crippen molar-refractivity contribution in [3.63, 3.8) is 0 Å². The molecule has 0 N–H and O–H groups in total. The fraction of sp³-hybridized carbons (Fsp3) is 0.771. The van der Waals surface area contributed by atoms with Gasteiger partial charge in [0.15, 0.2) is 0 Å². The van der Waals surface area contributed by atoms with Gasteiger partial charge in [0.25, 0.3) is 16.6 Å². The van der Waals surface area contributed by atoms with Crippen LogP contribution in [0.5, 0.6) is 0 Å². The van der Waals surface area contributed by atoms with Gasteiger partial charge in [-0.1, -0.05) is 65.5 Å². The van der Waals surface area contributed by atoms with Crippen molar-refractivity contribution in [1.29, 1.82) is 0 Å². The topological polar surface area (TPSA) is 18.5 Å². The van der Waals surface area contributed by atoms with E-state index in [9.17, 15) is 0 Å². The number of rotatable bonds is 12. The van der Waals surface area contributed by atoms with Crippen LogP contribution in [-0.2, 0) is 8.85 Å². The Bertz CT molecular complexity index is 980. The number of hydrogen-bond donors (Lipinski definition) is 0. The van der Waals surface area contributed by atoms with Crippen molar-refractivity contribution < 1.29 is 8.85 Å². The van der Waals surface area contributed by atoms with Gasteiger partial charge < -0.3 is 8.85 Å². The first-order valence-corrected chi connectivity index (χ1v) is 22.3. The standard InChI is InChI=1S/C35H60O2Si2/c1-11-21-34(3,4)38(7,8)36-32-28(23-26-17-13-15-19-30(26)32)25-29-24-27-18-14-16-20-31(27)33(29)37-39(9,10)35(5,6)22-12-2/h11-25H2,1-10H3. The monoisotopic (exact) mass is 568 g/mol. The summed E-state index contributed by atoms with van der Waals surface area (Å²) < 4.78 is 14.7. The lowest BCUT2D eigenvalue weighted by Crippen LogP contribution is -2.42. The summed E-state index contributed by atoms with van der Waals surface area (Å²) in [7, 11) is -3.91. The molecule has 4 aliphatic rings. The summed E-state index contributed by atoms with van der Waals surface area (Å²) in [4.78, 5) is 0. The molecular weight excluding hydrogens is 509 g/mol. The number of hydrogen-bond acceptors (Lipinski definition) is 2. The molecule has 0 aromatic rings. The maximum absolute atomic E-state index is 7.34. The zero-order valence-electron chi connectivity index (χ0n) is 27.4. The highest BCUT2D eigenvalue weighted by Crippen LogP contribution is 2.52. The van der Waals surface area contributed by atoms with E-state index < -0.39 is 16.6 Å². The smallest absolute Gasteiger partial charge is 0.250 e. The van der Waals surface area contributed by atoms with Crippen molar-refractivity contribution in [3.05, 3.63) is 45.0 Å². The minimum atomic E-state index is -1.95. The van der Waals surface area contributed by atoms with Gasteiger partial charge >= 0.3 is 0 Å². The molecule has 0 fully saturated rings. The highest BCUT2D eigenvalue weighted by Gasteiger charge is 2.46. The molecule has 0 bridgehead atoms. The van der Waals surface area contributed by atoms with Crippen LogP contribution in [0, 0.1) is 0 Å². The van der Waals surface area contributed by atoms with E-state index in [0.717, 1.165) is 19.3 Å². The van der Waals surface area contributed by atoms with E-state index in [1.54, 1.807) is 33.4 Å². The summed E-state index contributed by atoms with van der Waals surface area (Å²) in [6, 6.07) is 0. The quantitative estimate of drug-likeness (QED) is 0.218. The van der Waals surface area contributed by atoms with Crippen LogP contribution in [0.1, 0.15) is 138 Å². The van der Waals surface area contributed by atoms with Gasteiger partial charge in [-0.25, -0.2) is 0 Å². The van der Waals surface area contributed by atoms with Crippen LogP contribution in [0.25, 0.3) is 0 Å². The maximum atomic E-state index is 7.34. The molecule has 0 radical (unpaired) electrons. The van der Waals surface area contributed by atoms with E-state index in [2.05, 4.69) is 67.7 Å². The average Bonchev–Trinajstić information content (AvgIpc) is 3.36. The highest BCUT2D eigenvalue weighted by atomic mass is 28.4. The summed E-state index contributed by atoms with van der Waals surface area (Å²) in [6.45, 7) is 24.4. The molecule has 4 rings (SSSR count). The first kappa shape index (κ1) is 30.9. The molecule has 0 amide bonds. The summed E-state index contributed by atoms with van der Waals surface area (Å²) in [5, 5.41) is 0.528. The molecule has 0 aromatic heterocycles. The molecule has 39 heavy (non-hydrogen) atoms. The fourth-order valence-electron chi connectivity index (χ4n) is 7.43. The molecule has 0 atom stereocenters. The van der Waals surface area contributed by atoms with Crippen molar-refractivity contribution in [2.24, 2.45) is 0 Å². The Kier molecular flexibility index (Phi) is 9.28. The predicted octanol–water partition coefficient (Wildman–Crippen LogP) is 12.0. The molecule has 220 valence electrons. The lowest BCUT2D eigenvalue weighted by molar-refractivity contribution is 0.364. The Morgan fingerprint density at radius 1 is 0.590 bits per heavy atom. The molecule has 0 saturated heterocycles. The van der Waals surface area contributed by atoms with E-state index in [0.29, 0.717) is 0 Å². The van der Waals surface area contributed by atoms with Crippen LogP contribution in [0.4, 0.5) is 0 Å². The van der Waals surface area contributed by atoms with E-state index in [-0.39, 0.29) is 10.1 Å². The van der Waals surface area contributed by atoms with Crippen molar-refractivity contribution in [2.75, 3.05) is 0 Å². The van der Waals surface area contributed by atoms with Gasteiger partial charge in [0.1, 0.15) is 11.5 Å². The SMILES string of the molecule is CCCC(C)(C)[Si](C)(C)OC1=C(CC2=C(O[Si](C)(C)C(C)(C)CCC)C3=C(CCCC3)C2)CC2=C1CCCC2. The Morgan fingerprint density at radius 3 is 1.31 bits per heavy atom. The lowest BCUT2D eigenvalue weighted by Gasteiger charge is -2.41. The fourth-order valence-corrected chi connectivity index (χ4v) is 11.2. The molecule has 0 aliphatic heterocycles. The van der Waals surface area contributed by atoms with Gasteiger partial charge in [-0.15, -0.1) is 0 Å². The Morgan fingerprint density at radius 2 is 0.949 bits per heavy atom. The minimum absolute atomic E-state index is 0.264. The third kappa shape index (κ3) is 6.27. The lowest BCUT2D eigenvalue weighted by atomic mass is 9.92. The Hall–Kier alpha value is -1.01. The molecular formula is C35H60O2Si2. The molecule has 4 aliphatic carbocycles. The second kappa shape index (κ2) is 11.7. The largest absolute Gasteiger partial charge is 0.543 e. The van der Waals surface area contributed by atoms with Gasteiger partial charge in [0, 0.05) is 0 Å². The minimum Gasteiger partial charge on any atom is -0.543 e. The second-order valence-corrected chi connectivity index (χ2v) is 24.6. The Balaban J connectivity index is 1.71. The van der Waals surface area contributed by atoms with Crippen LogP contribution in [0.15, 0.2) is 45.0 Å². The van der Waals surface area contributed by atoms with Crippen molar-refractivity contribution in [2.45, 2.75) is 174 Å². The van der Waals surface area contributed by atoms with Gasteiger partial charge in [-0.3, -0.25) is 0 Å². The van der Waals surface area contributed by atoms with Crippen molar-refractivity contribution in [3.8, 4) is 0 Å². The van der Waals surface area contributed by atoms with Crippen LogP contribution < -0.4 is 0 Å². The van der Waals surface area contributed by atoms with Crippen LogP contribution >= 0.6 is 0 Å². The van der Waals surface area contributed by atoms with Gasteiger partial charge in [0.05, 0.1) is 0 Å². The van der Waals surface area contributed by atoms with E-state index in [4.69, 9.17) is 8.85 Å². The summed E-state index contributed by atoms with van der Waals surface area (Å²) >= 11 is 0. The van der Waals surface area contributed by atoms with Gasteiger partial charge in [-0.05, 0) is 142 Å². The molecule has 0 saturated carbocycles. The van der Waals surface area contributed by atoms with Crippen LogP contribution in [0.3, 0.4) is 0 Å². The summed E-state index contributed by atoms with van der Waals surface area (Å²) in [5.41, 5.74) is 9.75. The molecule has 0 unspecified atom stereocenters. The average molecular weight is 569 g/mol. The second-order valence-electron chi connectivity index (χ2n) is 15.5. The Labute approximate surface area is 244 Å². The molecule has 2 nitrogen and oxygen atoms in total. The normalized spacial score (nSPS) is 21.2. The molecule has 0 aromatic carbocycles. The van der Waals surface area contributed by atoms with E-state index in [1.165, 1.54) is 88.6 Å². The summed E-state index contributed by atoms with van der Waals surface area (Å²) in [5.74, 6) is 2.68. The first-order valence-electron chi connectivity index (χ1n) is 16.5. The van der Waals surface area contributed by atoms with E-state index >= 15 is 0 Å². The number of allylic oxidation sites excluding steroid dienone is 6. The van der Waals surface area contributed by atoms with E-state index in [1.807, 2.05) is 0 Å². The zero-order chi connectivity index (χ0) is 28.6. The van der Waals surface area contributed by atoms with Gasteiger partial charge in [0.2, 0.25) is 0 Å². The molecule has 0 heterocycles. The summed E-state index contributed by atoms with van der Waals surface area (Å²) in [6.07, 6.45) is 18.6. The predicted molar refractivity (Wildman–Crippen MR) is 174 cm³/mol. The third-order valence-electron chi connectivity index (χ3n) is 11.4. The van der Waals surface area contributed by atoms with Crippen LogP contribution in [-0.4, -0.2) is 16.6 Å². The van der Waals surface area contributed by atoms with Crippen LogP contribution in [0.2, 0.25) is 36.3 Å². The third-order valence-corrected chi connectivity index (χ3v) is 19.8.